The van der Waals surface area contributed by atoms with Gasteiger partial charge in [0.15, 0.2) is 0 Å². The standard InChI is InChI=1S/C14H12ClFN2O/c1-8-2-5-13(17)10(6-8)14(19)18-9-3-4-12(16)11(15)7-9/h2-7H,17H2,1H3,(H,18,19). The zero-order chi connectivity index (χ0) is 14.0. The first-order chi connectivity index (χ1) is 8.97. The van der Waals surface area contributed by atoms with E-state index in [1.165, 1.54) is 18.2 Å². The number of nitrogens with one attached hydrogen (secondary N) is 1. The third-order valence-electron chi connectivity index (χ3n) is 2.63. The Morgan fingerprint density at radius 3 is 2.68 bits per heavy atom. The van der Waals surface area contributed by atoms with Crippen molar-refractivity contribution in [2.24, 2.45) is 0 Å². The SMILES string of the molecule is Cc1ccc(N)c(C(=O)Nc2ccc(F)c(Cl)c2)c1. The molecule has 0 aliphatic rings. The van der Waals surface area contributed by atoms with Gasteiger partial charge in [-0.1, -0.05) is 23.2 Å². The molecule has 0 aliphatic carbocycles. The number of benzene rings is 2. The number of hydrogen-bond acceptors (Lipinski definition) is 2. The molecule has 0 radical (unpaired) electrons. The van der Waals surface area contributed by atoms with Crippen molar-refractivity contribution >= 4 is 28.9 Å². The molecule has 2 rings (SSSR count). The van der Waals surface area contributed by atoms with Crippen molar-refractivity contribution in [1.29, 1.82) is 0 Å². The lowest BCUT2D eigenvalue weighted by Gasteiger charge is -2.09. The number of anilines is 2. The van der Waals surface area contributed by atoms with Crippen molar-refractivity contribution in [3.05, 3.63) is 58.4 Å². The second-order valence-corrected chi connectivity index (χ2v) is 4.58. The minimum atomic E-state index is -0.533. The fraction of sp³-hybridized carbons (Fsp3) is 0.0714. The van der Waals surface area contributed by atoms with Crippen molar-refractivity contribution < 1.29 is 9.18 Å². The van der Waals surface area contributed by atoms with Crippen molar-refractivity contribution in [3.8, 4) is 0 Å². The molecule has 5 heteroatoms. The van der Waals surface area contributed by atoms with Gasteiger partial charge in [-0.2, -0.15) is 0 Å². The number of nitrogen functional groups attached to an aromatic ring is 1. The highest BCUT2D eigenvalue weighted by Gasteiger charge is 2.11. The van der Waals surface area contributed by atoms with Gasteiger partial charge in [0.25, 0.3) is 5.91 Å². The molecule has 2 aromatic carbocycles. The van der Waals surface area contributed by atoms with Gasteiger partial charge in [-0.3, -0.25) is 4.79 Å². The molecule has 0 saturated heterocycles. The molecule has 3 nitrogen and oxygen atoms in total. The van der Waals surface area contributed by atoms with Crippen LogP contribution < -0.4 is 11.1 Å². The predicted molar refractivity (Wildman–Crippen MR) is 75.0 cm³/mol. The van der Waals surface area contributed by atoms with Crippen LogP contribution in [0.2, 0.25) is 5.02 Å². The second kappa shape index (κ2) is 5.28. The van der Waals surface area contributed by atoms with Crippen LogP contribution in [0.25, 0.3) is 0 Å². The van der Waals surface area contributed by atoms with Crippen LogP contribution in [0.1, 0.15) is 15.9 Å². The van der Waals surface area contributed by atoms with Gasteiger partial charge >= 0.3 is 0 Å². The number of carbonyl (C=O) groups excluding carboxylic acids is 1. The van der Waals surface area contributed by atoms with Gasteiger partial charge in [0.2, 0.25) is 0 Å². The minimum Gasteiger partial charge on any atom is -0.398 e. The first-order valence-corrected chi connectivity index (χ1v) is 5.97. The van der Waals surface area contributed by atoms with Crippen molar-refractivity contribution in [2.75, 3.05) is 11.1 Å². The topological polar surface area (TPSA) is 55.1 Å². The van der Waals surface area contributed by atoms with E-state index >= 15 is 0 Å². The third kappa shape index (κ3) is 3.03. The van der Waals surface area contributed by atoms with Crippen molar-refractivity contribution in [1.82, 2.24) is 0 Å². The van der Waals surface area contributed by atoms with E-state index in [1.807, 2.05) is 13.0 Å². The molecular formula is C14H12ClFN2O. The quantitative estimate of drug-likeness (QED) is 0.824. The van der Waals surface area contributed by atoms with Crippen molar-refractivity contribution in [3.63, 3.8) is 0 Å². The smallest absolute Gasteiger partial charge is 0.257 e. The van der Waals surface area contributed by atoms with Gasteiger partial charge in [0.1, 0.15) is 5.82 Å². The fourth-order valence-corrected chi connectivity index (χ4v) is 1.82. The average Bonchev–Trinajstić information content (AvgIpc) is 2.36. The highest BCUT2D eigenvalue weighted by Crippen LogP contribution is 2.21. The summed E-state index contributed by atoms with van der Waals surface area (Å²) in [4.78, 5) is 12.1. The molecule has 0 bridgehead atoms. The average molecular weight is 279 g/mol. The van der Waals surface area contributed by atoms with E-state index in [0.717, 1.165) is 5.56 Å². The Hall–Kier alpha value is -2.07. The first kappa shape index (κ1) is 13.4. The zero-order valence-electron chi connectivity index (χ0n) is 10.2. The lowest BCUT2D eigenvalue weighted by Crippen LogP contribution is -2.14. The van der Waals surface area contributed by atoms with Crippen LogP contribution in [-0.2, 0) is 0 Å². The molecule has 2 aromatic rings. The maximum Gasteiger partial charge on any atom is 0.257 e. The number of amides is 1. The maximum absolute atomic E-state index is 13.0. The molecule has 0 saturated carbocycles. The van der Waals surface area contributed by atoms with E-state index in [9.17, 15) is 9.18 Å². The molecular weight excluding hydrogens is 267 g/mol. The van der Waals surface area contributed by atoms with Crippen LogP contribution >= 0.6 is 11.6 Å². The molecule has 0 atom stereocenters. The van der Waals surface area contributed by atoms with E-state index < -0.39 is 5.82 Å². The van der Waals surface area contributed by atoms with E-state index in [2.05, 4.69) is 5.32 Å². The summed E-state index contributed by atoms with van der Waals surface area (Å²) in [6.45, 7) is 1.87. The summed E-state index contributed by atoms with van der Waals surface area (Å²) in [5.41, 5.74) is 7.85. The molecule has 3 N–H and O–H groups in total. The molecule has 0 unspecified atom stereocenters. The van der Waals surface area contributed by atoms with E-state index in [0.29, 0.717) is 16.9 Å². The number of halogens is 2. The molecule has 98 valence electrons. The van der Waals surface area contributed by atoms with Crippen LogP contribution in [0.5, 0.6) is 0 Å². The molecule has 0 heterocycles. The normalized spacial score (nSPS) is 10.3. The summed E-state index contributed by atoms with van der Waals surface area (Å²) in [6.07, 6.45) is 0. The van der Waals surface area contributed by atoms with E-state index in [4.69, 9.17) is 17.3 Å². The van der Waals surface area contributed by atoms with Gasteiger partial charge in [-0.05, 0) is 37.3 Å². The van der Waals surface area contributed by atoms with Crippen molar-refractivity contribution in [2.45, 2.75) is 6.92 Å². The predicted octanol–water partition coefficient (Wildman–Crippen LogP) is 3.62. The molecule has 0 aliphatic heterocycles. The number of rotatable bonds is 2. The van der Waals surface area contributed by atoms with Gasteiger partial charge in [0.05, 0.1) is 10.6 Å². The summed E-state index contributed by atoms with van der Waals surface area (Å²) in [6, 6.07) is 9.15. The number of hydrogen-bond donors (Lipinski definition) is 2. The van der Waals surface area contributed by atoms with Crippen LogP contribution in [0.15, 0.2) is 36.4 Å². The van der Waals surface area contributed by atoms with Gasteiger partial charge in [0, 0.05) is 11.4 Å². The van der Waals surface area contributed by atoms with Gasteiger partial charge in [-0.25, -0.2) is 4.39 Å². The fourth-order valence-electron chi connectivity index (χ4n) is 1.64. The van der Waals surface area contributed by atoms with Crippen LogP contribution in [0.3, 0.4) is 0 Å². The number of carbonyl (C=O) groups is 1. The second-order valence-electron chi connectivity index (χ2n) is 4.17. The molecule has 1 amide bonds. The Bertz CT molecular complexity index is 643. The Balaban J connectivity index is 2.25. The Kier molecular flexibility index (Phi) is 3.71. The maximum atomic E-state index is 13.0. The lowest BCUT2D eigenvalue weighted by molar-refractivity contribution is 0.102. The Morgan fingerprint density at radius 2 is 2.00 bits per heavy atom. The van der Waals surface area contributed by atoms with Crippen LogP contribution in [0.4, 0.5) is 15.8 Å². The summed E-state index contributed by atoms with van der Waals surface area (Å²) in [5.74, 6) is -0.890. The first-order valence-electron chi connectivity index (χ1n) is 5.60. The summed E-state index contributed by atoms with van der Waals surface area (Å²) < 4.78 is 13.0. The summed E-state index contributed by atoms with van der Waals surface area (Å²) in [5, 5.41) is 2.58. The monoisotopic (exact) mass is 278 g/mol. The number of aryl methyl sites for hydroxylation is 1. The van der Waals surface area contributed by atoms with E-state index in [-0.39, 0.29) is 10.9 Å². The number of nitrogens with two attached hydrogens (primary N) is 1. The van der Waals surface area contributed by atoms with Crippen LogP contribution in [-0.4, -0.2) is 5.91 Å². The summed E-state index contributed by atoms with van der Waals surface area (Å²) in [7, 11) is 0. The third-order valence-corrected chi connectivity index (χ3v) is 2.92. The highest BCUT2D eigenvalue weighted by atomic mass is 35.5. The minimum absolute atomic E-state index is 0.0463. The highest BCUT2D eigenvalue weighted by molar-refractivity contribution is 6.31. The molecule has 19 heavy (non-hydrogen) atoms. The summed E-state index contributed by atoms with van der Waals surface area (Å²) >= 11 is 5.65. The Morgan fingerprint density at radius 1 is 1.26 bits per heavy atom. The largest absolute Gasteiger partial charge is 0.398 e. The Labute approximate surface area is 115 Å². The molecule has 0 aromatic heterocycles. The van der Waals surface area contributed by atoms with Gasteiger partial charge in [-0.15, -0.1) is 0 Å². The van der Waals surface area contributed by atoms with E-state index in [1.54, 1.807) is 12.1 Å². The lowest BCUT2D eigenvalue weighted by atomic mass is 10.1. The van der Waals surface area contributed by atoms with Gasteiger partial charge < -0.3 is 11.1 Å². The molecule has 0 spiro atoms. The zero-order valence-corrected chi connectivity index (χ0v) is 11.0. The molecule has 0 fully saturated rings. The van der Waals surface area contributed by atoms with Crippen LogP contribution in [0, 0.1) is 12.7 Å².